The van der Waals surface area contributed by atoms with Crippen LogP contribution >= 0.6 is 0 Å². The number of methoxy groups -OCH3 is 2. The van der Waals surface area contributed by atoms with Crippen LogP contribution in [0.5, 0.6) is 11.5 Å². The lowest BCUT2D eigenvalue weighted by atomic mass is 9.71. The number of likely N-dealkylation sites (tertiary alicyclic amines) is 2. The van der Waals surface area contributed by atoms with E-state index in [2.05, 4.69) is 32.2 Å². The van der Waals surface area contributed by atoms with Crippen LogP contribution in [-0.2, 0) is 13.6 Å². The number of rotatable bonds is 6. The second-order valence-corrected chi connectivity index (χ2v) is 12.0. The molecule has 0 bridgehead atoms. The van der Waals surface area contributed by atoms with E-state index in [9.17, 15) is 4.79 Å². The van der Waals surface area contributed by atoms with E-state index in [0.29, 0.717) is 10.8 Å². The summed E-state index contributed by atoms with van der Waals surface area (Å²) in [5.41, 5.74) is 3.46. The van der Waals surface area contributed by atoms with Crippen LogP contribution in [0.15, 0.2) is 41.6 Å². The molecule has 0 aliphatic carbocycles. The molecule has 8 nitrogen and oxygen atoms in total. The first-order chi connectivity index (χ1) is 19.5. The van der Waals surface area contributed by atoms with E-state index in [1.54, 1.807) is 38.2 Å². The van der Waals surface area contributed by atoms with E-state index in [1.165, 1.54) is 64.7 Å². The van der Waals surface area contributed by atoms with Crippen LogP contribution in [0.2, 0.25) is 0 Å². The molecule has 8 heteroatoms. The van der Waals surface area contributed by atoms with Gasteiger partial charge in [0, 0.05) is 43.8 Å². The third-order valence-corrected chi connectivity index (χ3v) is 9.89. The highest BCUT2D eigenvalue weighted by molar-refractivity contribution is 5.95. The number of piperidine rings is 3. The molecule has 5 heterocycles. The Hall–Kier alpha value is -2.94. The molecule has 0 saturated carbocycles. The number of hydrogen-bond acceptors (Lipinski definition) is 7. The number of pyridine rings is 2. The lowest BCUT2D eigenvalue weighted by Crippen LogP contribution is -2.51. The molecule has 3 fully saturated rings. The predicted octanol–water partition coefficient (Wildman–Crippen LogP) is 4.05. The zero-order valence-electron chi connectivity index (χ0n) is 24.2. The summed E-state index contributed by atoms with van der Waals surface area (Å²) in [6.45, 7) is 7.91. The Morgan fingerprint density at radius 2 is 1.62 bits per heavy atom. The number of aromatic nitrogens is 2. The highest BCUT2D eigenvalue weighted by Crippen LogP contribution is 2.43. The van der Waals surface area contributed by atoms with E-state index in [4.69, 9.17) is 9.47 Å². The van der Waals surface area contributed by atoms with Crippen molar-refractivity contribution in [3.8, 4) is 22.6 Å². The molecule has 0 unspecified atom stereocenters. The zero-order chi connectivity index (χ0) is 27.7. The monoisotopic (exact) mass is 545 g/mol. The summed E-state index contributed by atoms with van der Waals surface area (Å²) in [6, 6.07) is 6.86. The van der Waals surface area contributed by atoms with Crippen molar-refractivity contribution in [1.29, 1.82) is 0 Å². The van der Waals surface area contributed by atoms with Crippen LogP contribution in [-0.4, -0.2) is 78.9 Å². The SMILES string of the molecule is COc1cc(-c2cn(C)c(=O)c3cnccc23)cc(OC)c1CN1CCC2(CC1)CCN(C1CCNCC1)CC2. The third-order valence-electron chi connectivity index (χ3n) is 9.89. The molecule has 1 spiro atoms. The smallest absolute Gasteiger partial charge is 0.259 e. The quantitative estimate of drug-likeness (QED) is 0.501. The first kappa shape index (κ1) is 27.2. The van der Waals surface area contributed by atoms with Gasteiger partial charge in [-0.2, -0.15) is 0 Å². The van der Waals surface area contributed by atoms with E-state index < -0.39 is 0 Å². The fraction of sp³-hybridized carbons (Fsp3) is 0.562. The molecule has 0 atom stereocenters. The van der Waals surface area contributed by atoms with Crippen LogP contribution < -0.4 is 20.3 Å². The fourth-order valence-electron chi connectivity index (χ4n) is 7.28. The maximum Gasteiger partial charge on any atom is 0.259 e. The topological polar surface area (TPSA) is 71.9 Å². The number of ether oxygens (including phenoxy) is 2. The summed E-state index contributed by atoms with van der Waals surface area (Å²) in [4.78, 5) is 22.2. The normalized spacial score (nSPS) is 20.7. The van der Waals surface area contributed by atoms with Gasteiger partial charge in [-0.05, 0) is 112 Å². The Kier molecular flexibility index (Phi) is 7.84. The lowest BCUT2D eigenvalue weighted by molar-refractivity contribution is 0.0127. The van der Waals surface area contributed by atoms with Gasteiger partial charge in [-0.25, -0.2) is 0 Å². The highest BCUT2D eigenvalue weighted by Gasteiger charge is 2.39. The molecule has 214 valence electrons. The summed E-state index contributed by atoms with van der Waals surface area (Å²) in [6.07, 6.45) is 13.1. The van der Waals surface area contributed by atoms with Crippen molar-refractivity contribution in [3.63, 3.8) is 0 Å². The van der Waals surface area contributed by atoms with Crippen LogP contribution in [0, 0.1) is 5.41 Å². The van der Waals surface area contributed by atoms with Gasteiger partial charge >= 0.3 is 0 Å². The van der Waals surface area contributed by atoms with Crippen molar-refractivity contribution >= 4 is 10.8 Å². The first-order valence-electron chi connectivity index (χ1n) is 14.9. The molecule has 0 radical (unpaired) electrons. The summed E-state index contributed by atoms with van der Waals surface area (Å²) in [5, 5.41) is 4.99. The van der Waals surface area contributed by atoms with Gasteiger partial charge in [0.1, 0.15) is 11.5 Å². The van der Waals surface area contributed by atoms with Crippen molar-refractivity contribution in [2.45, 2.75) is 51.1 Å². The van der Waals surface area contributed by atoms with Crippen molar-refractivity contribution in [2.24, 2.45) is 12.5 Å². The summed E-state index contributed by atoms with van der Waals surface area (Å²) < 4.78 is 13.5. The Labute approximate surface area is 237 Å². The molecule has 6 rings (SSSR count). The van der Waals surface area contributed by atoms with Gasteiger partial charge in [-0.1, -0.05) is 0 Å². The summed E-state index contributed by atoms with van der Waals surface area (Å²) in [5.74, 6) is 1.64. The van der Waals surface area contributed by atoms with Crippen molar-refractivity contribution in [2.75, 3.05) is 53.5 Å². The molecule has 3 saturated heterocycles. The largest absolute Gasteiger partial charge is 0.496 e. The molecular weight excluding hydrogens is 502 g/mol. The van der Waals surface area contributed by atoms with Crippen LogP contribution in [0.1, 0.15) is 44.1 Å². The van der Waals surface area contributed by atoms with E-state index >= 15 is 0 Å². The lowest BCUT2D eigenvalue weighted by Gasteiger charge is -2.49. The number of aryl methyl sites for hydroxylation is 1. The minimum atomic E-state index is -0.0535. The number of nitrogens with one attached hydrogen (secondary N) is 1. The Bertz CT molecular complexity index is 1370. The van der Waals surface area contributed by atoms with Crippen molar-refractivity contribution < 1.29 is 9.47 Å². The number of hydrogen-bond donors (Lipinski definition) is 1. The maximum absolute atomic E-state index is 12.7. The Morgan fingerprint density at radius 3 is 2.27 bits per heavy atom. The Morgan fingerprint density at radius 1 is 0.975 bits per heavy atom. The summed E-state index contributed by atoms with van der Waals surface area (Å²) in [7, 11) is 5.24. The van der Waals surface area contributed by atoms with Crippen LogP contribution in [0.4, 0.5) is 0 Å². The maximum atomic E-state index is 12.7. The van der Waals surface area contributed by atoms with Crippen LogP contribution in [0.3, 0.4) is 0 Å². The summed E-state index contributed by atoms with van der Waals surface area (Å²) >= 11 is 0. The number of benzene rings is 1. The van der Waals surface area contributed by atoms with Gasteiger partial charge < -0.3 is 24.3 Å². The fourth-order valence-corrected chi connectivity index (χ4v) is 7.28. The molecule has 1 aromatic carbocycles. The highest BCUT2D eigenvalue weighted by atomic mass is 16.5. The second kappa shape index (κ2) is 11.5. The standard InChI is InChI=1S/C32H43N5O3/c1-35-21-27(25-6-13-34-20-26(25)31(35)38)23-18-29(39-2)28(30(19-23)40-3)22-36-14-7-32(8-15-36)9-16-37(17-10-32)24-4-11-33-12-5-24/h6,13,18-21,24,33H,4-5,7-12,14-17,22H2,1-3H3. The molecule has 3 aromatic rings. The van der Waals surface area contributed by atoms with Gasteiger partial charge in [-0.15, -0.1) is 0 Å². The van der Waals surface area contributed by atoms with Gasteiger partial charge in [0.2, 0.25) is 0 Å². The zero-order valence-corrected chi connectivity index (χ0v) is 24.2. The Balaban J connectivity index is 1.18. The minimum absolute atomic E-state index is 0.0535. The number of nitrogens with zero attached hydrogens (tertiary/aromatic N) is 4. The second-order valence-electron chi connectivity index (χ2n) is 12.0. The molecule has 40 heavy (non-hydrogen) atoms. The van der Waals surface area contributed by atoms with Gasteiger partial charge in [-0.3, -0.25) is 14.7 Å². The van der Waals surface area contributed by atoms with E-state index in [-0.39, 0.29) is 5.56 Å². The van der Waals surface area contributed by atoms with Gasteiger partial charge in [0.15, 0.2) is 0 Å². The third kappa shape index (κ3) is 5.24. The van der Waals surface area contributed by atoms with Crippen LogP contribution in [0.25, 0.3) is 21.9 Å². The molecule has 3 aliphatic heterocycles. The molecule has 1 N–H and O–H groups in total. The average Bonchev–Trinajstić information content (AvgIpc) is 3.01. The number of fused-ring (bicyclic) bond motifs is 1. The average molecular weight is 546 g/mol. The van der Waals surface area contributed by atoms with E-state index in [0.717, 1.165) is 59.3 Å². The van der Waals surface area contributed by atoms with Crippen molar-refractivity contribution in [3.05, 3.63) is 52.7 Å². The minimum Gasteiger partial charge on any atom is -0.496 e. The molecule has 0 amide bonds. The first-order valence-corrected chi connectivity index (χ1v) is 14.9. The van der Waals surface area contributed by atoms with E-state index in [1.807, 2.05) is 12.3 Å². The predicted molar refractivity (Wildman–Crippen MR) is 159 cm³/mol. The molecule has 2 aromatic heterocycles. The molecule has 3 aliphatic rings. The molecular formula is C32H43N5O3. The van der Waals surface area contributed by atoms with Crippen molar-refractivity contribution in [1.82, 2.24) is 24.7 Å². The van der Waals surface area contributed by atoms with Gasteiger partial charge in [0.05, 0.1) is 25.2 Å². The van der Waals surface area contributed by atoms with Gasteiger partial charge in [0.25, 0.3) is 5.56 Å².